The maximum absolute atomic E-state index is 12.7. The second-order valence-electron chi connectivity index (χ2n) is 10.6. The van der Waals surface area contributed by atoms with Gasteiger partial charge in [0.2, 0.25) is 0 Å². The zero-order valence-electron chi connectivity index (χ0n) is 23.2. The van der Waals surface area contributed by atoms with Crippen molar-refractivity contribution in [3.05, 3.63) is 128 Å². The monoisotopic (exact) mass is 555 g/mol. The fraction of sp³-hybridized carbons (Fsp3) is 0.312. The Morgan fingerprint density at radius 2 is 1.41 bits per heavy atom. The summed E-state index contributed by atoms with van der Waals surface area (Å²) >= 11 is 0. The van der Waals surface area contributed by atoms with E-state index in [0.29, 0.717) is 5.56 Å². The Morgan fingerprint density at radius 1 is 0.854 bits per heavy atom. The molecule has 5 atom stereocenters. The van der Waals surface area contributed by atoms with Crippen LogP contribution in [0.1, 0.15) is 28.5 Å². The summed E-state index contributed by atoms with van der Waals surface area (Å²) in [6.07, 6.45) is 0.596. The summed E-state index contributed by atoms with van der Waals surface area (Å²) < 4.78 is 25.8. The number of fused-ring (bicyclic) bond motifs is 1. The molecule has 3 N–H and O–H groups in total. The molecule has 1 aliphatic heterocycles. The molecule has 0 spiro atoms. The zero-order chi connectivity index (χ0) is 28.7. The number of benzene rings is 3. The van der Waals surface area contributed by atoms with Crippen molar-refractivity contribution in [3.63, 3.8) is 0 Å². The average molecular weight is 556 g/mol. The van der Waals surface area contributed by atoms with Gasteiger partial charge in [-0.1, -0.05) is 54.6 Å². The Bertz CT molecular complexity index is 1580. The van der Waals surface area contributed by atoms with E-state index in [1.54, 1.807) is 27.3 Å². The van der Waals surface area contributed by atoms with Gasteiger partial charge in [0, 0.05) is 29.6 Å². The minimum atomic E-state index is -0.999. The maximum atomic E-state index is 12.7. The highest BCUT2D eigenvalue weighted by atomic mass is 16.6. The molecule has 6 rings (SSSR count). The molecule has 1 saturated carbocycles. The zero-order valence-corrected chi connectivity index (χ0v) is 23.2. The molecule has 1 saturated heterocycles. The van der Waals surface area contributed by atoms with Crippen molar-refractivity contribution in [2.75, 3.05) is 20.8 Å². The molecule has 0 bridgehead atoms. The number of ether oxygens (including phenoxy) is 4. The van der Waals surface area contributed by atoms with Crippen LogP contribution in [0, 0.1) is 18.8 Å². The Labute approximate surface area is 237 Å². The van der Waals surface area contributed by atoms with Crippen LogP contribution in [0.4, 0.5) is 0 Å². The Balaban J connectivity index is 1.40. The molecule has 4 aromatic rings. The molecule has 0 amide bonds. The van der Waals surface area contributed by atoms with E-state index in [0.717, 1.165) is 28.2 Å². The number of nitrogens with zero attached hydrogens (tertiary/aromatic N) is 1. The SMILES string of the molecule is COc1ccc(C(OC[C@H]2O[C@@H](n3cc(C)c(=O)[nH]c3=O)[C@@H]3[C@@H](N)[C@@H]32)(c2ccccc2)c2ccc(OC)cc2)cc1. The van der Waals surface area contributed by atoms with Crippen molar-refractivity contribution < 1.29 is 18.9 Å². The van der Waals surface area contributed by atoms with Gasteiger partial charge in [0.15, 0.2) is 0 Å². The molecule has 1 aromatic heterocycles. The van der Waals surface area contributed by atoms with Gasteiger partial charge in [-0.2, -0.15) is 0 Å². The van der Waals surface area contributed by atoms with E-state index in [-0.39, 0.29) is 30.6 Å². The number of methoxy groups -OCH3 is 2. The van der Waals surface area contributed by atoms with Gasteiger partial charge < -0.3 is 24.7 Å². The second kappa shape index (κ2) is 10.7. The van der Waals surface area contributed by atoms with Crippen LogP contribution in [0.25, 0.3) is 0 Å². The van der Waals surface area contributed by atoms with Gasteiger partial charge in [-0.25, -0.2) is 4.79 Å². The first-order valence-corrected chi connectivity index (χ1v) is 13.6. The van der Waals surface area contributed by atoms with Crippen molar-refractivity contribution >= 4 is 0 Å². The van der Waals surface area contributed by atoms with Crippen LogP contribution in [0.3, 0.4) is 0 Å². The smallest absolute Gasteiger partial charge is 0.330 e. The highest BCUT2D eigenvalue weighted by Crippen LogP contribution is 2.56. The fourth-order valence-electron chi connectivity index (χ4n) is 6.08. The number of aromatic amines is 1. The average Bonchev–Trinajstić information content (AvgIpc) is 3.51. The van der Waals surface area contributed by atoms with E-state index in [9.17, 15) is 9.59 Å². The summed E-state index contributed by atoms with van der Waals surface area (Å²) in [4.78, 5) is 27.0. The van der Waals surface area contributed by atoms with Crippen molar-refractivity contribution in [1.82, 2.24) is 9.55 Å². The van der Waals surface area contributed by atoms with Crippen LogP contribution in [0.15, 0.2) is 94.6 Å². The van der Waals surface area contributed by atoms with Gasteiger partial charge in [-0.05, 0) is 47.9 Å². The van der Waals surface area contributed by atoms with E-state index < -0.39 is 23.1 Å². The van der Waals surface area contributed by atoms with Crippen LogP contribution in [0.5, 0.6) is 11.5 Å². The number of nitrogens with two attached hydrogens (primary N) is 1. The molecule has 1 aliphatic carbocycles. The lowest BCUT2D eigenvalue weighted by Crippen LogP contribution is -2.39. The summed E-state index contributed by atoms with van der Waals surface area (Å²) in [5.74, 6) is 1.43. The van der Waals surface area contributed by atoms with Crippen LogP contribution >= 0.6 is 0 Å². The highest BCUT2D eigenvalue weighted by Gasteiger charge is 2.64. The topological polar surface area (TPSA) is 118 Å². The maximum Gasteiger partial charge on any atom is 0.330 e. The summed E-state index contributed by atoms with van der Waals surface area (Å²) in [6.45, 7) is 1.88. The van der Waals surface area contributed by atoms with Gasteiger partial charge in [0.05, 0.1) is 26.9 Å². The first-order chi connectivity index (χ1) is 19.9. The minimum absolute atomic E-state index is 0.0133. The predicted octanol–water partition coefficient (Wildman–Crippen LogP) is 3.34. The van der Waals surface area contributed by atoms with Crippen molar-refractivity contribution in [2.24, 2.45) is 17.6 Å². The van der Waals surface area contributed by atoms with E-state index >= 15 is 0 Å². The van der Waals surface area contributed by atoms with E-state index in [4.69, 9.17) is 24.7 Å². The fourth-order valence-corrected chi connectivity index (χ4v) is 6.08. The molecule has 212 valence electrons. The number of hydrogen-bond donors (Lipinski definition) is 2. The molecule has 2 fully saturated rings. The molecule has 0 radical (unpaired) electrons. The molecule has 2 heterocycles. The van der Waals surface area contributed by atoms with Gasteiger partial charge in [0.1, 0.15) is 23.3 Å². The number of nitrogens with one attached hydrogen (secondary N) is 1. The highest BCUT2D eigenvalue weighted by molar-refractivity contribution is 5.49. The predicted molar refractivity (Wildman–Crippen MR) is 153 cm³/mol. The third kappa shape index (κ3) is 4.65. The van der Waals surface area contributed by atoms with E-state index in [2.05, 4.69) is 4.98 Å². The normalized spacial score (nSPS) is 23.2. The second-order valence-corrected chi connectivity index (χ2v) is 10.6. The number of aryl methyl sites for hydroxylation is 1. The minimum Gasteiger partial charge on any atom is -0.497 e. The Morgan fingerprint density at radius 3 is 1.98 bits per heavy atom. The summed E-state index contributed by atoms with van der Waals surface area (Å²) in [5.41, 5.74) is 7.76. The summed E-state index contributed by atoms with van der Waals surface area (Å²) in [7, 11) is 3.27. The molecular weight excluding hydrogens is 522 g/mol. The van der Waals surface area contributed by atoms with Gasteiger partial charge >= 0.3 is 5.69 Å². The van der Waals surface area contributed by atoms with Crippen LogP contribution < -0.4 is 26.5 Å². The van der Waals surface area contributed by atoms with Gasteiger partial charge in [-0.15, -0.1) is 0 Å². The lowest BCUT2D eigenvalue weighted by Gasteiger charge is -2.37. The standard InChI is InChI=1S/C32H33N3O6/c1-19-17-35(31(37)34-29(19)36)30-27-26(28(27)33)25(41-30)18-40-32(20-7-5-4-6-8-20,21-9-13-23(38-2)14-10-21)22-11-15-24(39-3)16-12-22/h4-17,25-28,30H,18,33H2,1-3H3,(H,34,36,37)/t25-,26-,27+,28+,30-/m1/s1. The lowest BCUT2D eigenvalue weighted by atomic mass is 9.80. The van der Waals surface area contributed by atoms with E-state index in [1.807, 2.05) is 78.9 Å². The third-order valence-corrected chi connectivity index (χ3v) is 8.32. The third-order valence-electron chi connectivity index (χ3n) is 8.32. The van der Waals surface area contributed by atoms with Crippen molar-refractivity contribution in [2.45, 2.75) is 30.9 Å². The van der Waals surface area contributed by atoms with Crippen molar-refractivity contribution in [1.29, 1.82) is 0 Å². The largest absolute Gasteiger partial charge is 0.497 e. The molecule has 41 heavy (non-hydrogen) atoms. The van der Waals surface area contributed by atoms with E-state index in [1.165, 1.54) is 4.57 Å². The lowest BCUT2D eigenvalue weighted by molar-refractivity contribution is -0.0963. The number of H-pyrrole nitrogens is 1. The summed E-state index contributed by atoms with van der Waals surface area (Å²) in [5, 5.41) is 0. The number of hydrogen-bond acceptors (Lipinski definition) is 7. The van der Waals surface area contributed by atoms with Crippen LogP contribution in [0.2, 0.25) is 0 Å². The van der Waals surface area contributed by atoms with Crippen LogP contribution in [-0.4, -0.2) is 42.5 Å². The molecule has 0 unspecified atom stereocenters. The number of rotatable bonds is 9. The molecule has 9 heteroatoms. The van der Waals surface area contributed by atoms with Gasteiger partial charge in [0.25, 0.3) is 5.56 Å². The number of aromatic nitrogens is 2. The first-order valence-electron chi connectivity index (χ1n) is 13.6. The Kier molecular flexibility index (Phi) is 7.03. The van der Waals surface area contributed by atoms with Crippen LogP contribution in [-0.2, 0) is 15.1 Å². The first kappa shape index (κ1) is 27.0. The van der Waals surface area contributed by atoms with Crippen molar-refractivity contribution in [3.8, 4) is 11.5 Å². The molecule has 3 aromatic carbocycles. The van der Waals surface area contributed by atoms with Gasteiger partial charge in [-0.3, -0.25) is 14.3 Å². The summed E-state index contributed by atoms with van der Waals surface area (Å²) in [6, 6.07) is 25.6. The molecule has 2 aliphatic rings. The molecule has 9 nitrogen and oxygen atoms in total. The molecular formula is C32H33N3O6. The Hall–Kier alpha value is -4.18. The quantitative estimate of drug-likeness (QED) is 0.304.